The molecule has 2 heteroatoms. The molecule has 84 valence electrons. The summed E-state index contributed by atoms with van der Waals surface area (Å²) in [5, 5.41) is 0. The maximum absolute atomic E-state index is 6.58. The van der Waals surface area contributed by atoms with Crippen LogP contribution in [0.1, 0.15) is 16.7 Å². The Morgan fingerprint density at radius 2 is 1.65 bits per heavy atom. The molecule has 0 saturated heterocycles. The van der Waals surface area contributed by atoms with Crippen LogP contribution in [0.25, 0.3) is 0 Å². The number of fused-ring (bicyclic) bond motifs is 1. The van der Waals surface area contributed by atoms with E-state index in [-0.39, 0.29) is 0 Å². The highest BCUT2D eigenvalue weighted by Crippen LogP contribution is 2.31. The van der Waals surface area contributed by atoms with Crippen LogP contribution in [0.15, 0.2) is 59.6 Å². The van der Waals surface area contributed by atoms with Gasteiger partial charge in [0.15, 0.2) is 0 Å². The van der Waals surface area contributed by atoms with Gasteiger partial charge in [-0.2, -0.15) is 0 Å². The van der Waals surface area contributed by atoms with E-state index >= 15 is 0 Å². The third-order valence-electron chi connectivity index (χ3n) is 3.30. The second kappa shape index (κ2) is 3.82. The molecule has 0 aliphatic carbocycles. The fraction of sp³-hybridized carbons (Fsp3) is 0.133. The van der Waals surface area contributed by atoms with E-state index in [1.165, 1.54) is 0 Å². The Morgan fingerprint density at radius 3 is 2.47 bits per heavy atom. The van der Waals surface area contributed by atoms with Crippen LogP contribution in [0.4, 0.5) is 0 Å². The van der Waals surface area contributed by atoms with Crippen LogP contribution in [0.5, 0.6) is 0 Å². The summed E-state index contributed by atoms with van der Waals surface area (Å²) in [6.45, 7) is 0.605. The molecule has 0 radical (unpaired) electrons. The zero-order valence-electron chi connectivity index (χ0n) is 9.51. The lowest BCUT2D eigenvalue weighted by atomic mass is 9.80. The first-order valence-corrected chi connectivity index (χ1v) is 5.74. The molecule has 1 heterocycles. The van der Waals surface area contributed by atoms with E-state index in [2.05, 4.69) is 29.3 Å². The quantitative estimate of drug-likeness (QED) is 0.790. The van der Waals surface area contributed by atoms with Crippen molar-refractivity contribution in [2.75, 3.05) is 6.54 Å². The van der Waals surface area contributed by atoms with Crippen molar-refractivity contribution in [2.24, 2.45) is 10.7 Å². The largest absolute Gasteiger partial charge is 0.316 e. The fourth-order valence-corrected chi connectivity index (χ4v) is 2.37. The van der Waals surface area contributed by atoms with Crippen LogP contribution >= 0.6 is 0 Å². The summed E-state index contributed by atoms with van der Waals surface area (Å²) < 4.78 is 0. The van der Waals surface area contributed by atoms with E-state index in [9.17, 15) is 0 Å². The van der Waals surface area contributed by atoms with Crippen LogP contribution in [-0.4, -0.2) is 12.8 Å². The molecule has 17 heavy (non-hydrogen) atoms. The van der Waals surface area contributed by atoms with Crippen LogP contribution in [0, 0.1) is 0 Å². The Balaban J connectivity index is 2.19. The maximum atomic E-state index is 6.58. The van der Waals surface area contributed by atoms with Gasteiger partial charge in [0.05, 0.1) is 12.1 Å². The molecule has 0 fully saturated rings. The molecule has 2 nitrogen and oxygen atoms in total. The molecular formula is C15H14N2. The number of hydrogen-bond donors (Lipinski definition) is 1. The Bertz CT molecular complexity index is 560. The zero-order valence-corrected chi connectivity index (χ0v) is 9.51. The monoisotopic (exact) mass is 222 g/mol. The molecule has 2 aromatic rings. The lowest BCUT2D eigenvalue weighted by Crippen LogP contribution is -2.43. The molecular weight excluding hydrogens is 208 g/mol. The van der Waals surface area contributed by atoms with Crippen molar-refractivity contribution in [2.45, 2.75) is 5.54 Å². The molecule has 0 spiro atoms. The predicted molar refractivity (Wildman–Crippen MR) is 70.3 cm³/mol. The predicted octanol–water partition coefficient (Wildman–Crippen LogP) is 2.32. The van der Waals surface area contributed by atoms with Gasteiger partial charge in [0.1, 0.15) is 0 Å². The number of hydrogen-bond acceptors (Lipinski definition) is 2. The number of aliphatic imine (C=N–C) groups is 1. The standard InChI is InChI=1S/C15H14N2/c16-15(13-7-2-1-3-8-13)11-17-10-12-6-4-5-9-14(12)15/h1-10H,11,16H2. The molecule has 1 aliphatic rings. The smallest absolute Gasteiger partial charge is 0.0870 e. The lowest BCUT2D eigenvalue weighted by molar-refractivity contribution is 0.547. The maximum Gasteiger partial charge on any atom is 0.0870 e. The molecule has 2 aromatic carbocycles. The highest BCUT2D eigenvalue weighted by Gasteiger charge is 2.32. The van der Waals surface area contributed by atoms with E-state index in [4.69, 9.17) is 5.73 Å². The summed E-state index contributed by atoms with van der Waals surface area (Å²) in [6.07, 6.45) is 1.91. The van der Waals surface area contributed by atoms with Crippen LogP contribution < -0.4 is 5.73 Å². The van der Waals surface area contributed by atoms with E-state index in [1.54, 1.807) is 0 Å². The van der Waals surface area contributed by atoms with E-state index in [0.29, 0.717) is 6.54 Å². The molecule has 0 bridgehead atoms. The molecule has 1 atom stereocenters. The third kappa shape index (κ3) is 1.58. The lowest BCUT2D eigenvalue weighted by Gasteiger charge is -2.32. The first-order chi connectivity index (χ1) is 8.31. The minimum Gasteiger partial charge on any atom is -0.316 e. The number of nitrogens with zero attached hydrogens (tertiary/aromatic N) is 1. The van der Waals surface area contributed by atoms with Crippen molar-refractivity contribution in [1.82, 2.24) is 0 Å². The highest BCUT2D eigenvalue weighted by atomic mass is 14.9. The average Bonchev–Trinajstić information content (AvgIpc) is 2.40. The Kier molecular flexibility index (Phi) is 2.30. The van der Waals surface area contributed by atoms with Crippen molar-refractivity contribution < 1.29 is 0 Å². The van der Waals surface area contributed by atoms with Gasteiger partial charge in [-0.25, -0.2) is 0 Å². The molecule has 1 unspecified atom stereocenters. The zero-order chi connectivity index (χ0) is 11.7. The van der Waals surface area contributed by atoms with Gasteiger partial charge in [0.25, 0.3) is 0 Å². The minimum atomic E-state index is -0.493. The van der Waals surface area contributed by atoms with Crippen molar-refractivity contribution in [3.05, 3.63) is 71.3 Å². The first kappa shape index (κ1) is 10.2. The molecule has 1 aliphatic heterocycles. The first-order valence-electron chi connectivity index (χ1n) is 5.74. The van der Waals surface area contributed by atoms with Gasteiger partial charge in [0, 0.05) is 6.21 Å². The number of rotatable bonds is 1. The van der Waals surface area contributed by atoms with Crippen molar-refractivity contribution in [3.8, 4) is 0 Å². The summed E-state index contributed by atoms with van der Waals surface area (Å²) in [4.78, 5) is 4.40. The molecule has 0 amide bonds. The summed E-state index contributed by atoms with van der Waals surface area (Å²) in [5.74, 6) is 0. The summed E-state index contributed by atoms with van der Waals surface area (Å²) in [5.41, 5.74) is 9.47. The van der Waals surface area contributed by atoms with Crippen LogP contribution in [0.3, 0.4) is 0 Å². The Morgan fingerprint density at radius 1 is 0.941 bits per heavy atom. The molecule has 0 aromatic heterocycles. The fourth-order valence-electron chi connectivity index (χ4n) is 2.37. The van der Waals surface area contributed by atoms with Gasteiger partial charge in [-0.05, 0) is 16.7 Å². The van der Waals surface area contributed by atoms with Gasteiger partial charge in [0.2, 0.25) is 0 Å². The van der Waals surface area contributed by atoms with E-state index in [0.717, 1.165) is 16.7 Å². The Labute approximate surface area is 101 Å². The summed E-state index contributed by atoms with van der Waals surface area (Å²) >= 11 is 0. The van der Waals surface area contributed by atoms with E-state index in [1.807, 2.05) is 36.5 Å². The SMILES string of the molecule is NC1(c2ccccc2)CN=Cc2ccccc21. The Hall–Kier alpha value is -1.93. The number of benzene rings is 2. The third-order valence-corrected chi connectivity index (χ3v) is 3.30. The van der Waals surface area contributed by atoms with Gasteiger partial charge < -0.3 is 5.73 Å². The topological polar surface area (TPSA) is 38.4 Å². The van der Waals surface area contributed by atoms with Crippen molar-refractivity contribution in [1.29, 1.82) is 0 Å². The van der Waals surface area contributed by atoms with Crippen molar-refractivity contribution in [3.63, 3.8) is 0 Å². The van der Waals surface area contributed by atoms with Gasteiger partial charge in [-0.15, -0.1) is 0 Å². The molecule has 0 saturated carbocycles. The van der Waals surface area contributed by atoms with Gasteiger partial charge in [-0.3, -0.25) is 4.99 Å². The normalized spacial score (nSPS) is 22.2. The minimum absolute atomic E-state index is 0.493. The van der Waals surface area contributed by atoms with Crippen LogP contribution in [0.2, 0.25) is 0 Å². The second-order valence-electron chi connectivity index (χ2n) is 4.39. The second-order valence-corrected chi connectivity index (χ2v) is 4.39. The number of nitrogens with two attached hydrogens (primary N) is 1. The van der Waals surface area contributed by atoms with Crippen molar-refractivity contribution >= 4 is 6.21 Å². The van der Waals surface area contributed by atoms with Gasteiger partial charge in [-0.1, -0.05) is 54.6 Å². The van der Waals surface area contributed by atoms with Crippen LogP contribution in [-0.2, 0) is 5.54 Å². The average molecular weight is 222 g/mol. The molecule has 2 N–H and O–H groups in total. The highest BCUT2D eigenvalue weighted by molar-refractivity contribution is 5.84. The van der Waals surface area contributed by atoms with Gasteiger partial charge >= 0.3 is 0 Å². The summed E-state index contributed by atoms with van der Waals surface area (Å²) in [6, 6.07) is 18.4. The molecule has 3 rings (SSSR count). The van der Waals surface area contributed by atoms with E-state index < -0.39 is 5.54 Å². The summed E-state index contributed by atoms with van der Waals surface area (Å²) in [7, 11) is 0.